The fraction of sp³-hybridized carbons (Fsp3) is 0.364. The van der Waals surface area contributed by atoms with Crippen molar-refractivity contribution in [1.29, 1.82) is 0 Å². The molecule has 30 heavy (non-hydrogen) atoms. The summed E-state index contributed by atoms with van der Waals surface area (Å²) in [5.74, 6) is 0.236. The quantitative estimate of drug-likeness (QED) is 0.764. The van der Waals surface area contributed by atoms with Gasteiger partial charge in [0.2, 0.25) is 11.8 Å². The van der Waals surface area contributed by atoms with Crippen molar-refractivity contribution in [3.63, 3.8) is 0 Å². The van der Waals surface area contributed by atoms with E-state index in [0.29, 0.717) is 48.0 Å². The normalized spacial score (nSPS) is 16.8. The summed E-state index contributed by atoms with van der Waals surface area (Å²) in [4.78, 5) is 43.1. The van der Waals surface area contributed by atoms with Crippen molar-refractivity contribution in [1.82, 2.24) is 9.88 Å². The summed E-state index contributed by atoms with van der Waals surface area (Å²) in [6.07, 6.45) is 4.52. The molecule has 0 bridgehead atoms. The van der Waals surface area contributed by atoms with Gasteiger partial charge in [0.25, 0.3) is 5.91 Å². The minimum Gasteiger partial charge on any atom is -0.339 e. The van der Waals surface area contributed by atoms with Crippen LogP contribution in [0.25, 0.3) is 0 Å². The van der Waals surface area contributed by atoms with E-state index in [-0.39, 0.29) is 29.6 Å². The monoisotopic (exact) mass is 426 g/mol. The largest absolute Gasteiger partial charge is 0.339 e. The van der Waals surface area contributed by atoms with Gasteiger partial charge in [-0.1, -0.05) is 17.7 Å². The molecule has 1 aliphatic heterocycles. The topological polar surface area (TPSA) is 91.4 Å². The lowest BCUT2D eigenvalue weighted by atomic mass is 9.95. The first kappa shape index (κ1) is 20.3. The predicted molar refractivity (Wildman–Crippen MR) is 114 cm³/mol. The molecule has 2 aliphatic rings. The Bertz CT molecular complexity index is 951. The second kappa shape index (κ2) is 8.83. The molecule has 1 saturated carbocycles. The van der Waals surface area contributed by atoms with Crippen LogP contribution in [0, 0.1) is 11.8 Å². The minimum atomic E-state index is -0.171. The minimum absolute atomic E-state index is 0.0154. The van der Waals surface area contributed by atoms with Crippen molar-refractivity contribution in [3.8, 4) is 0 Å². The number of nitrogens with one attached hydrogen (secondary N) is 2. The van der Waals surface area contributed by atoms with E-state index in [0.717, 1.165) is 12.8 Å². The lowest BCUT2D eigenvalue weighted by Crippen LogP contribution is -2.41. The van der Waals surface area contributed by atoms with Gasteiger partial charge in [-0.25, -0.2) is 4.98 Å². The van der Waals surface area contributed by atoms with Gasteiger partial charge < -0.3 is 15.5 Å². The number of benzene rings is 1. The van der Waals surface area contributed by atoms with Crippen molar-refractivity contribution in [2.75, 3.05) is 23.7 Å². The summed E-state index contributed by atoms with van der Waals surface area (Å²) in [6, 6.07) is 10.4. The number of rotatable bonds is 5. The number of anilines is 2. The summed E-state index contributed by atoms with van der Waals surface area (Å²) in [6.45, 7) is 1.01. The molecule has 4 rings (SSSR count). The van der Waals surface area contributed by atoms with Crippen molar-refractivity contribution in [3.05, 3.63) is 53.2 Å². The molecule has 1 saturated heterocycles. The summed E-state index contributed by atoms with van der Waals surface area (Å²) >= 11 is 5.81. The third kappa shape index (κ3) is 4.97. The van der Waals surface area contributed by atoms with Crippen molar-refractivity contribution >= 4 is 40.8 Å². The second-order valence-electron chi connectivity index (χ2n) is 7.76. The molecule has 1 aliphatic carbocycles. The van der Waals surface area contributed by atoms with E-state index in [1.165, 1.54) is 6.20 Å². The highest BCUT2D eigenvalue weighted by atomic mass is 35.5. The van der Waals surface area contributed by atoms with Crippen LogP contribution in [-0.4, -0.2) is 40.7 Å². The van der Waals surface area contributed by atoms with Crippen LogP contribution in [0.4, 0.5) is 11.5 Å². The highest BCUT2D eigenvalue weighted by Crippen LogP contribution is 2.30. The van der Waals surface area contributed by atoms with Crippen LogP contribution in [0.15, 0.2) is 42.6 Å². The number of nitrogens with zero attached hydrogens (tertiary/aromatic N) is 2. The summed E-state index contributed by atoms with van der Waals surface area (Å²) in [5, 5.41) is 6.19. The molecule has 0 radical (unpaired) electrons. The molecule has 1 aromatic heterocycles. The van der Waals surface area contributed by atoms with Gasteiger partial charge in [-0.05, 0) is 56.0 Å². The van der Waals surface area contributed by atoms with E-state index in [4.69, 9.17) is 11.6 Å². The Morgan fingerprint density at radius 1 is 0.933 bits per heavy atom. The van der Waals surface area contributed by atoms with E-state index < -0.39 is 0 Å². The summed E-state index contributed by atoms with van der Waals surface area (Å²) < 4.78 is 0. The SMILES string of the molecule is O=C(Nc1cccc(C(=O)N2CCC(C(=O)Nc3ccc(Cl)cn3)CC2)c1)C1CC1. The number of hydrogen-bond donors (Lipinski definition) is 2. The third-order valence-corrected chi connectivity index (χ3v) is 5.68. The molecule has 2 aromatic rings. The van der Waals surface area contributed by atoms with Gasteiger partial charge in [-0.2, -0.15) is 0 Å². The molecule has 0 spiro atoms. The smallest absolute Gasteiger partial charge is 0.253 e. The molecule has 0 atom stereocenters. The highest BCUT2D eigenvalue weighted by molar-refractivity contribution is 6.30. The second-order valence-corrected chi connectivity index (χ2v) is 8.20. The van der Waals surface area contributed by atoms with Gasteiger partial charge in [0.05, 0.1) is 5.02 Å². The number of carbonyl (C=O) groups excluding carboxylic acids is 3. The van der Waals surface area contributed by atoms with Crippen LogP contribution in [0.1, 0.15) is 36.0 Å². The average Bonchev–Trinajstić information content (AvgIpc) is 3.61. The molecule has 2 heterocycles. The molecule has 1 aromatic carbocycles. The first-order valence-corrected chi connectivity index (χ1v) is 10.5. The Morgan fingerprint density at radius 2 is 1.63 bits per heavy atom. The van der Waals surface area contributed by atoms with Crippen LogP contribution >= 0.6 is 11.6 Å². The Morgan fingerprint density at radius 3 is 2.30 bits per heavy atom. The molecular formula is C22H23ClN4O3. The predicted octanol–water partition coefficient (Wildman–Crippen LogP) is 3.57. The molecule has 8 heteroatoms. The van der Waals surface area contributed by atoms with Gasteiger partial charge in [0.1, 0.15) is 5.82 Å². The average molecular weight is 427 g/mol. The fourth-order valence-electron chi connectivity index (χ4n) is 3.53. The number of hydrogen-bond acceptors (Lipinski definition) is 4. The van der Waals surface area contributed by atoms with Gasteiger partial charge in [0.15, 0.2) is 0 Å². The van der Waals surface area contributed by atoms with Crippen LogP contribution in [-0.2, 0) is 9.59 Å². The number of halogens is 1. The Labute approximate surface area is 179 Å². The molecule has 7 nitrogen and oxygen atoms in total. The Hall–Kier alpha value is -2.93. The van der Waals surface area contributed by atoms with E-state index in [1.54, 1.807) is 41.3 Å². The molecular weight excluding hydrogens is 404 g/mol. The maximum Gasteiger partial charge on any atom is 0.253 e. The van der Waals surface area contributed by atoms with Crippen molar-refractivity contribution in [2.24, 2.45) is 11.8 Å². The molecule has 3 amide bonds. The maximum absolute atomic E-state index is 12.9. The number of carbonyl (C=O) groups is 3. The molecule has 156 valence electrons. The maximum atomic E-state index is 12.9. The van der Waals surface area contributed by atoms with Crippen LogP contribution in [0.5, 0.6) is 0 Å². The van der Waals surface area contributed by atoms with Gasteiger partial charge in [0, 0.05) is 42.4 Å². The van der Waals surface area contributed by atoms with Gasteiger partial charge >= 0.3 is 0 Å². The lowest BCUT2D eigenvalue weighted by molar-refractivity contribution is -0.121. The van der Waals surface area contributed by atoms with Gasteiger partial charge in [-0.15, -0.1) is 0 Å². The summed E-state index contributed by atoms with van der Waals surface area (Å²) in [5.41, 5.74) is 1.18. The Kier molecular flexibility index (Phi) is 5.99. The Balaban J connectivity index is 1.31. The molecule has 0 unspecified atom stereocenters. The van der Waals surface area contributed by atoms with E-state index in [2.05, 4.69) is 15.6 Å². The van der Waals surface area contributed by atoms with Crippen molar-refractivity contribution < 1.29 is 14.4 Å². The summed E-state index contributed by atoms with van der Waals surface area (Å²) in [7, 11) is 0. The zero-order valence-corrected chi connectivity index (χ0v) is 17.2. The van der Waals surface area contributed by atoms with E-state index in [9.17, 15) is 14.4 Å². The number of likely N-dealkylation sites (tertiary alicyclic amines) is 1. The van der Waals surface area contributed by atoms with E-state index in [1.807, 2.05) is 0 Å². The number of aromatic nitrogens is 1. The highest BCUT2D eigenvalue weighted by Gasteiger charge is 2.30. The third-order valence-electron chi connectivity index (χ3n) is 5.46. The lowest BCUT2D eigenvalue weighted by Gasteiger charge is -2.31. The zero-order chi connectivity index (χ0) is 21.1. The fourth-order valence-corrected chi connectivity index (χ4v) is 3.64. The van der Waals surface area contributed by atoms with Crippen LogP contribution < -0.4 is 10.6 Å². The molecule has 2 N–H and O–H groups in total. The standard InChI is InChI=1S/C22H23ClN4O3/c23-17-6-7-19(24-13-17)26-21(29)15-8-10-27(11-9-15)22(30)16-2-1-3-18(12-16)25-20(28)14-4-5-14/h1-3,6-7,12-15H,4-5,8-11H2,(H,25,28)(H,24,26,29). The first-order valence-electron chi connectivity index (χ1n) is 10.1. The number of piperidine rings is 1. The number of pyridine rings is 1. The molecule has 2 fully saturated rings. The van der Waals surface area contributed by atoms with Crippen LogP contribution in [0.2, 0.25) is 5.02 Å². The van der Waals surface area contributed by atoms with Crippen molar-refractivity contribution in [2.45, 2.75) is 25.7 Å². The van der Waals surface area contributed by atoms with E-state index >= 15 is 0 Å². The first-order chi connectivity index (χ1) is 14.5. The zero-order valence-electron chi connectivity index (χ0n) is 16.4. The van der Waals surface area contributed by atoms with Gasteiger partial charge in [-0.3, -0.25) is 14.4 Å². The number of amides is 3. The van der Waals surface area contributed by atoms with Crippen LogP contribution in [0.3, 0.4) is 0 Å².